The molecule has 6 nitrogen and oxygen atoms in total. The van der Waals surface area contributed by atoms with Crippen LogP contribution in [0.5, 0.6) is 17.2 Å². The number of hydrogen-bond acceptors (Lipinski definition) is 6. The van der Waals surface area contributed by atoms with E-state index in [0.717, 1.165) is 4.90 Å². The molecule has 1 aromatic heterocycles. The van der Waals surface area contributed by atoms with E-state index in [1.54, 1.807) is 18.2 Å². The molecule has 0 fully saturated rings. The lowest BCUT2D eigenvalue weighted by molar-refractivity contribution is 0.0992. The summed E-state index contributed by atoms with van der Waals surface area (Å²) in [7, 11) is 0. The van der Waals surface area contributed by atoms with Gasteiger partial charge in [-0.15, -0.1) is 11.8 Å². The Hall–Kier alpha value is -3.13. The largest absolute Gasteiger partial charge is 0.486 e. The molecule has 4 rings (SSSR count). The summed E-state index contributed by atoms with van der Waals surface area (Å²) in [4.78, 5) is 13.5. The molecular weight excluding hydrogens is 397 g/mol. The highest BCUT2D eigenvalue weighted by Gasteiger charge is 2.19. The smallest absolute Gasteiger partial charge is 0.291 e. The fraction of sp³-hybridized carbons (Fsp3) is 0.190. The summed E-state index contributed by atoms with van der Waals surface area (Å²) in [5, 5.41) is 2.85. The van der Waals surface area contributed by atoms with E-state index in [1.165, 1.54) is 36.0 Å². The minimum atomic E-state index is -0.384. The Morgan fingerprint density at radius 1 is 1.10 bits per heavy atom. The summed E-state index contributed by atoms with van der Waals surface area (Å²) in [6.07, 6.45) is 1.92. The van der Waals surface area contributed by atoms with Crippen molar-refractivity contribution in [1.82, 2.24) is 0 Å². The number of amides is 1. The van der Waals surface area contributed by atoms with Gasteiger partial charge in [0.1, 0.15) is 37.1 Å². The molecule has 1 amide bonds. The Morgan fingerprint density at radius 2 is 1.83 bits per heavy atom. The molecule has 0 saturated carbocycles. The number of benzene rings is 2. The zero-order chi connectivity index (χ0) is 20.2. The van der Waals surface area contributed by atoms with E-state index in [0.29, 0.717) is 41.9 Å². The van der Waals surface area contributed by atoms with Crippen molar-refractivity contribution in [2.75, 3.05) is 24.8 Å². The monoisotopic (exact) mass is 415 g/mol. The number of rotatable bonds is 6. The van der Waals surface area contributed by atoms with Crippen molar-refractivity contribution in [1.29, 1.82) is 0 Å². The van der Waals surface area contributed by atoms with Gasteiger partial charge in [0.25, 0.3) is 5.91 Å². The van der Waals surface area contributed by atoms with Crippen molar-refractivity contribution in [3.8, 4) is 17.2 Å². The lowest BCUT2D eigenvalue weighted by Gasteiger charge is -2.20. The highest BCUT2D eigenvalue weighted by molar-refractivity contribution is 7.98. The SMILES string of the molecule is CSc1cc2c(cc1NC(=O)c1ccc(COc3ccc(F)cc3)o1)OCCO2. The number of anilines is 1. The maximum Gasteiger partial charge on any atom is 0.291 e. The fourth-order valence-electron chi connectivity index (χ4n) is 2.78. The molecule has 2 heterocycles. The van der Waals surface area contributed by atoms with Gasteiger partial charge in [0.2, 0.25) is 0 Å². The standard InChI is InChI=1S/C21H18FNO5S/c1-29-20-11-19-18(25-8-9-26-19)10-16(20)23-21(24)17-7-6-15(28-17)12-27-14-4-2-13(22)3-5-14/h2-7,10-11H,8-9,12H2,1H3,(H,23,24). The molecule has 150 valence electrons. The van der Waals surface area contributed by atoms with Crippen molar-refractivity contribution >= 4 is 23.4 Å². The highest BCUT2D eigenvalue weighted by Crippen LogP contribution is 2.39. The summed E-state index contributed by atoms with van der Waals surface area (Å²) in [5.74, 6) is 1.68. The van der Waals surface area contributed by atoms with Crippen molar-refractivity contribution in [2.24, 2.45) is 0 Å². The average Bonchev–Trinajstić information content (AvgIpc) is 3.22. The van der Waals surface area contributed by atoms with Crippen LogP contribution < -0.4 is 19.5 Å². The summed E-state index contributed by atoms with van der Waals surface area (Å²) in [5.41, 5.74) is 0.618. The van der Waals surface area contributed by atoms with Crippen LogP contribution in [-0.2, 0) is 6.61 Å². The molecule has 8 heteroatoms. The van der Waals surface area contributed by atoms with E-state index in [4.69, 9.17) is 18.6 Å². The van der Waals surface area contributed by atoms with E-state index in [1.807, 2.05) is 12.3 Å². The van der Waals surface area contributed by atoms with Gasteiger partial charge in [-0.1, -0.05) is 0 Å². The highest BCUT2D eigenvalue weighted by atomic mass is 32.2. The molecule has 0 bridgehead atoms. The molecule has 1 N–H and O–H groups in total. The predicted molar refractivity (Wildman–Crippen MR) is 107 cm³/mol. The lowest BCUT2D eigenvalue weighted by atomic mass is 10.2. The summed E-state index contributed by atoms with van der Waals surface area (Å²) in [6.45, 7) is 1.09. The third-order valence-electron chi connectivity index (χ3n) is 4.19. The predicted octanol–water partition coefficient (Wildman–Crippen LogP) is 4.74. The van der Waals surface area contributed by atoms with Crippen LogP contribution in [0.2, 0.25) is 0 Å². The molecule has 29 heavy (non-hydrogen) atoms. The maximum absolute atomic E-state index is 12.9. The number of thioether (sulfide) groups is 1. The molecular formula is C21H18FNO5S. The summed E-state index contributed by atoms with van der Waals surface area (Å²) in [6, 6.07) is 12.5. The van der Waals surface area contributed by atoms with E-state index >= 15 is 0 Å². The summed E-state index contributed by atoms with van der Waals surface area (Å²) < 4.78 is 35.2. The molecule has 3 aromatic rings. The normalized spacial score (nSPS) is 12.5. The van der Waals surface area contributed by atoms with Crippen LogP contribution in [0.25, 0.3) is 0 Å². The average molecular weight is 415 g/mol. The van der Waals surface area contributed by atoms with Crippen LogP contribution >= 0.6 is 11.8 Å². The molecule has 0 aliphatic carbocycles. The molecule has 0 spiro atoms. The number of nitrogens with one attached hydrogen (secondary N) is 1. The number of hydrogen-bond donors (Lipinski definition) is 1. The number of fused-ring (bicyclic) bond motifs is 1. The Bertz CT molecular complexity index is 1020. The minimum absolute atomic E-state index is 0.124. The zero-order valence-corrected chi connectivity index (χ0v) is 16.4. The van der Waals surface area contributed by atoms with Gasteiger partial charge in [-0.25, -0.2) is 4.39 Å². The second-order valence-electron chi connectivity index (χ2n) is 6.16. The molecule has 1 aliphatic rings. The van der Waals surface area contributed by atoms with Gasteiger partial charge in [0.05, 0.1) is 5.69 Å². The number of carbonyl (C=O) groups is 1. The van der Waals surface area contributed by atoms with E-state index in [-0.39, 0.29) is 24.1 Å². The third-order valence-corrected chi connectivity index (χ3v) is 4.97. The lowest BCUT2D eigenvalue weighted by Crippen LogP contribution is -2.17. The molecule has 0 radical (unpaired) electrons. The molecule has 0 atom stereocenters. The van der Waals surface area contributed by atoms with Crippen LogP contribution in [0.3, 0.4) is 0 Å². The van der Waals surface area contributed by atoms with Crippen molar-refractivity contribution in [3.05, 3.63) is 65.9 Å². The Kier molecular flexibility index (Phi) is 5.62. The van der Waals surface area contributed by atoms with Gasteiger partial charge in [-0.05, 0) is 48.7 Å². The number of carbonyl (C=O) groups excluding carboxylic acids is 1. The number of furan rings is 1. The molecule has 0 saturated heterocycles. The van der Waals surface area contributed by atoms with E-state index in [9.17, 15) is 9.18 Å². The van der Waals surface area contributed by atoms with E-state index < -0.39 is 0 Å². The van der Waals surface area contributed by atoms with Crippen LogP contribution in [0.15, 0.2) is 57.8 Å². The quantitative estimate of drug-likeness (QED) is 0.587. The maximum atomic E-state index is 12.9. The van der Waals surface area contributed by atoms with Crippen LogP contribution in [-0.4, -0.2) is 25.4 Å². The third kappa shape index (κ3) is 4.48. The first-order valence-electron chi connectivity index (χ1n) is 8.88. The van der Waals surface area contributed by atoms with Gasteiger partial charge in [0, 0.05) is 11.0 Å². The molecule has 2 aromatic carbocycles. The topological polar surface area (TPSA) is 69.9 Å². The van der Waals surface area contributed by atoms with Gasteiger partial charge >= 0.3 is 0 Å². The number of ether oxygens (including phenoxy) is 3. The van der Waals surface area contributed by atoms with Crippen LogP contribution in [0.1, 0.15) is 16.3 Å². The van der Waals surface area contributed by atoms with Gasteiger partial charge in [-0.3, -0.25) is 4.79 Å². The zero-order valence-electron chi connectivity index (χ0n) is 15.6. The first kappa shape index (κ1) is 19.2. The Labute approximate surface area is 170 Å². The second-order valence-corrected chi connectivity index (χ2v) is 7.01. The second kappa shape index (κ2) is 8.48. The molecule has 0 unspecified atom stereocenters. The first-order valence-corrected chi connectivity index (χ1v) is 10.1. The fourth-order valence-corrected chi connectivity index (χ4v) is 3.34. The van der Waals surface area contributed by atoms with Crippen LogP contribution in [0.4, 0.5) is 10.1 Å². The Balaban J connectivity index is 1.43. The van der Waals surface area contributed by atoms with Crippen molar-refractivity contribution in [3.63, 3.8) is 0 Å². The number of halogens is 1. The van der Waals surface area contributed by atoms with Crippen LogP contribution in [0, 0.1) is 5.82 Å². The molecule has 1 aliphatic heterocycles. The van der Waals surface area contributed by atoms with E-state index in [2.05, 4.69) is 5.32 Å². The van der Waals surface area contributed by atoms with Gasteiger partial charge in [-0.2, -0.15) is 0 Å². The van der Waals surface area contributed by atoms with Gasteiger partial charge in [0.15, 0.2) is 17.3 Å². The first-order chi connectivity index (χ1) is 14.1. The minimum Gasteiger partial charge on any atom is -0.486 e. The summed E-state index contributed by atoms with van der Waals surface area (Å²) >= 11 is 1.49. The van der Waals surface area contributed by atoms with Crippen molar-refractivity contribution in [2.45, 2.75) is 11.5 Å². The van der Waals surface area contributed by atoms with Gasteiger partial charge < -0.3 is 23.9 Å². The van der Waals surface area contributed by atoms with Crippen molar-refractivity contribution < 1.29 is 27.8 Å². The Morgan fingerprint density at radius 3 is 2.55 bits per heavy atom.